The maximum Gasteiger partial charge on any atom is 0.573 e. The van der Waals surface area contributed by atoms with Gasteiger partial charge in [0.15, 0.2) is 0 Å². The van der Waals surface area contributed by atoms with E-state index < -0.39 is 6.36 Å². The molecule has 1 amide bonds. The van der Waals surface area contributed by atoms with E-state index in [1.54, 1.807) is 0 Å². The van der Waals surface area contributed by atoms with E-state index in [2.05, 4.69) is 9.64 Å². The van der Waals surface area contributed by atoms with E-state index in [4.69, 9.17) is 0 Å². The molecule has 2 aliphatic heterocycles. The normalized spacial score (nSPS) is 22.1. The molecule has 2 heterocycles. The van der Waals surface area contributed by atoms with Gasteiger partial charge < -0.3 is 14.5 Å². The van der Waals surface area contributed by atoms with Crippen molar-refractivity contribution in [3.05, 3.63) is 29.8 Å². The molecule has 0 bridgehead atoms. The fourth-order valence-electron chi connectivity index (χ4n) is 3.52. The van der Waals surface area contributed by atoms with Gasteiger partial charge in [0.2, 0.25) is 0 Å². The number of amides is 1. The Morgan fingerprint density at radius 1 is 1.08 bits per heavy atom. The topological polar surface area (TPSA) is 32.8 Å². The van der Waals surface area contributed by atoms with Crippen LogP contribution in [0.1, 0.15) is 36.0 Å². The third kappa shape index (κ3) is 4.20. The summed E-state index contributed by atoms with van der Waals surface area (Å²) in [6.07, 6.45) is -0.346. The zero-order chi connectivity index (χ0) is 17.2. The van der Waals surface area contributed by atoms with E-state index in [0.717, 1.165) is 32.5 Å². The van der Waals surface area contributed by atoms with E-state index in [9.17, 15) is 18.0 Å². The highest BCUT2D eigenvalue weighted by molar-refractivity contribution is 5.94. The van der Waals surface area contributed by atoms with Gasteiger partial charge in [0, 0.05) is 24.7 Å². The first-order valence-corrected chi connectivity index (χ1v) is 8.31. The summed E-state index contributed by atoms with van der Waals surface area (Å²) >= 11 is 0. The molecule has 4 nitrogen and oxygen atoms in total. The SMILES string of the molecule is O=C(c1ccc(OC(F)(F)F)cc1)N1CCCC1CN1CCCC1. The quantitative estimate of drug-likeness (QED) is 0.842. The minimum absolute atomic E-state index is 0.116. The fraction of sp³-hybridized carbons (Fsp3) is 0.588. The van der Waals surface area contributed by atoms with Crippen molar-refractivity contribution in [1.29, 1.82) is 0 Å². The number of hydrogen-bond donors (Lipinski definition) is 0. The lowest BCUT2D eigenvalue weighted by Crippen LogP contribution is -2.42. The second-order valence-electron chi connectivity index (χ2n) is 6.37. The van der Waals surface area contributed by atoms with Crippen LogP contribution in [0, 0.1) is 0 Å². The summed E-state index contributed by atoms with van der Waals surface area (Å²) in [6.45, 7) is 3.77. The molecule has 2 fully saturated rings. The molecular weight excluding hydrogens is 321 g/mol. The molecule has 1 aromatic carbocycles. The van der Waals surface area contributed by atoms with Gasteiger partial charge in [0.05, 0.1) is 0 Å². The maximum absolute atomic E-state index is 12.7. The van der Waals surface area contributed by atoms with Gasteiger partial charge in [-0.25, -0.2) is 0 Å². The Labute approximate surface area is 139 Å². The number of carbonyl (C=O) groups excluding carboxylic acids is 1. The first kappa shape index (κ1) is 17.1. The maximum atomic E-state index is 12.7. The number of halogens is 3. The molecule has 2 saturated heterocycles. The first-order chi connectivity index (χ1) is 11.4. The van der Waals surface area contributed by atoms with Crippen LogP contribution in [0.5, 0.6) is 5.75 Å². The average molecular weight is 342 g/mol. The third-order valence-corrected chi connectivity index (χ3v) is 4.64. The van der Waals surface area contributed by atoms with Crippen LogP contribution in [-0.4, -0.2) is 54.3 Å². The second-order valence-corrected chi connectivity index (χ2v) is 6.37. The summed E-state index contributed by atoms with van der Waals surface area (Å²) in [7, 11) is 0. The van der Waals surface area contributed by atoms with E-state index >= 15 is 0 Å². The van der Waals surface area contributed by atoms with Crippen LogP contribution < -0.4 is 4.74 Å². The summed E-state index contributed by atoms with van der Waals surface area (Å²) < 4.78 is 40.4. The molecule has 3 rings (SSSR count). The molecule has 7 heteroatoms. The van der Waals surface area contributed by atoms with Crippen molar-refractivity contribution in [3.8, 4) is 5.75 Å². The molecule has 2 aliphatic rings. The Balaban J connectivity index is 1.64. The highest BCUT2D eigenvalue weighted by Crippen LogP contribution is 2.25. The number of ether oxygens (including phenoxy) is 1. The van der Waals surface area contributed by atoms with E-state index in [-0.39, 0.29) is 17.7 Å². The predicted octanol–water partition coefficient (Wildman–Crippen LogP) is 3.29. The van der Waals surface area contributed by atoms with Crippen LogP contribution in [-0.2, 0) is 0 Å². The molecule has 0 radical (unpaired) electrons. The molecule has 0 saturated carbocycles. The van der Waals surface area contributed by atoms with Gasteiger partial charge in [-0.05, 0) is 63.0 Å². The van der Waals surface area contributed by atoms with Crippen LogP contribution in [0.25, 0.3) is 0 Å². The van der Waals surface area contributed by atoms with Crippen LogP contribution in [0.2, 0.25) is 0 Å². The Hall–Kier alpha value is -1.76. The second kappa shape index (κ2) is 7.01. The molecule has 1 aromatic rings. The van der Waals surface area contributed by atoms with Gasteiger partial charge in [-0.1, -0.05) is 0 Å². The molecule has 1 atom stereocenters. The van der Waals surface area contributed by atoms with Gasteiger partial charge in [0.1, 0.15) is 5.75 Å². The molecule has 1 unspecified atom stereocenters. The Morgan fingerprint density at radius 3 is 2.38 bits per heavy atom. The van der Waals surface area contributed by atoms with Crippen molar-refractivity contribution in [2.75, 3.05) is 26.2 Å². The zero-order valence-corrected chi connectivity index (χ0v) is 13.4. The Morgan fingerprint density at radius 2 is 1.75 bits per heavy atom. The molecule has 0 aliphatic carbocycles. The van der Waals surface area contributed by atoms with Crippen LogP contribution in [0.4, 0.5) is 13.2 Å². The van der Waals surface area contributed by atoms with Crippen molar-refractivity contribution in [2.45, 2.75) is 38.1 Å². The van der Waals surface area contributed by atoms with Crippen LogP contribution >= 0.6 is 0 Å². The Bertz CT molecular complexity index is 568. The molecular formula is C17H21F3N2O2. The summed E-state index contributed by atoms with van der Waals surface area (Å²) in [6, 6.07) is 5.36. The minimum Gasteiger partial charge on any atom is -0.406 e. The average Bonchev–Trinajstić information content (AvgIpc) is 3.18. The van der Waals surface area contributed by atoms with Gasteiger partial charge in [-0.2, -0.15) is 0 Å². The Kier molecular flexibility index (Phi) is 4.99. The number of rotatable bonds is 4. The lowest BCUT2D eigenvalue weighted by atomic mass is 10.1. The van der Waals surface area contributed by atoms with Crippen molar-refractivity contribution in [2.24, 2.45) is 0 Å². The summed E-state index contributed by atoms with van der Waals surface area (Å²) in [4.78, 5) is 16.9. The van der Waals surface area contributed by atoms with E-state index in [1.807, 2.05) is 4.90 Å². The molecule has 24 heavy (non-hydrogen) atoms. The molecule has 0 spiro atoms. The van der Waals surface area contributed by atoms with E-state index in [1.165, 1.54) is 37.1 Å². The summed E-state index contributed by atoms with van der Waals surface area (Å²) in [5.41, 5.74) is 0.401. The third-order valence-electron chi connectivity index (χ3n) is 4.64. The molecule has 0 N–H and O–H groups in total. The zero-order valence-electron chi connectivity index (χ0n) is 13.4. The first-order valence-electron chi connectivity index (χ1n) is 8.31. The number of nitrogens with zero attached hydrogens (tertiary/aromatic N) is 2. The number of carbonyl (C=O) groups is 1. The molecule has 0 aromatic heterocycles. The van der Waals surface area contributed by atoms with Crippen molar-refractivity contribution in [1.82, 2.24) is 9.80 Å². The van der Waals surface area contributed by atoms with Crippen LogP contribution in [0.15, 0.2) is 24.3 Å². The predicted molar refractivity (Wildman–Crippen MR) is 82.9 cm³/mol. The minimum atomic E-state index is -4.72. The highest BCUT2D eigenvalue weighted by atomic mass is 19.4. The van der Waals surface area contributed by atoms with Gasteiger partial charge in [0.25, 0.3) is 5.91 Å². The number of likely N-dealkylation sites (tertiary alicyclic amines) is 2. The summed E-state index contributed by atoms with van der Waals surface area (Å²) in [5.74, 6) is -0.427. The van der Waals surface area contributed by atoms with Gasteiger partial charge >= 0.3 is 6.36 Å². The lowest BCUT2D eigenvalue weighted by Gasteiger charge is -2.28. The smallest absolute Gasteiger partial charge is 0.406 e. The monoisotopic (exact) mass is 342 g/mol. The van der Waals surface area contributed by atoms with Gasteiger partial charge in [-0.3, -0.25) is 4.79 Å². The molecule has 132 valence electrons. The lowest BCUT2D eigenvalue weighted by molar-refractivity contribution is -0.274. The standard InChI is InChI=1S/C17H21F3N2O2/c18-17(19,20)24-15-7-5-13(6-8-15)16(23)22-11-3-4-14(22)12-21-9-1-2-10-21/h5-8,14H,1-4,9-12H2. The van der Waals surface area contributed by atoms with Gasteiger partial charge in [-0.15, -0.1) is 13.2 Å². The van der Waals surface area contributed by atoms with Crippen molar-refractivity contribution < 1.29 is 22.7 Å². The summed E-state index contributed by atoms with van der Waals surface area (Å²) in [5, 5.41) is 0. The number of benzene rings is 1. The number of hydrogen-bond acceptors (Lipinski definition) is 3. The van der Waals surface area contributed by atoms with E-state index in [0.29, 0.717) is 12.1 Å². The largest absolute Gasteiger partial charge is 0.573 e. The van der Waals surface area contributed by atoms with Crippen LogP contribution in [0.3, 0.4) is 0 Å². The number of alkyl halides is 3. The fourth-order valence-corrected chi connectivity index (χ4v) is 3.52. The van der Waals surface area contributed by atoms with Crippen molar-refractivity contribution in [3.63, 3.8) is 0 Å². The van der Waals surface area contributed by atoms with Crippen molar-refractivity contribution >= 4 is 5.91 Å². The highest BCUT2D eigenvalue weighted by Gasteiger charge is 2.33.